The number of aryl methyl sites for hydroxylation is 1. The third kappa shape index (κ3) is 4.73. The summed E-state index contributed by atoms with van der Waals surface area (Å²) in [4.78, 5) is 26.8. The fraction of sp³-hybridized carbons (Fsp3) is 0.357. The van der Waals surface area contributed by atoms with Crippen LogP contribution in [0.1, 0.15) is 41.4 Å². The second-order valence-corrected chi connectivity index (χ2v) is 9.35. The molecule has 0 amide bonds. The van der Waals surface area contributed by atoms with Crippen LogP contribution in [0.2, 0.25) is 5.02 Å². The van der Waals surface area contributed by atoms with Crippen LogP contribution >= 0.6 is 11.6 Å². The van der Waals surface area contributed by atoms with Crippen molar-refractivity contribution in [2.45, 2.75) is 31.6 Å². The molecule has 0 saturated carbocycles. The first-order valence-electron chi connectivity index (χ1n) is 11.6. The highest BCUT2D eigenvalue weighted by Crippen LogP contribution is 2.47. The normalized spacial score (nSPS) is 19.6. The summed E-state index contributed by atoms with van der Waals surface area (Å²) in [5.41, 5.74) is 5.02. The fourth-order valence-electron chi connectivity index (χ4n) is 5.18. The third-order valence-corrected chi connectivity index (χ3v) is 7.06. The molecule has 1 aliphatic heterocycles. The number of ketones is 1. The second kappa shape index (κ2) is 10.8. The van der Waals surface area contributed by atoms with Crippen molar-refractivity contribution in [1.82, 2.24) is 5.32 Å². The number of allylic oxidation sites excluding steroid dienone is 2. The van der Waals surface area contributed by atoms with E-state index in [1.807, 2.05) is 37.3 Å². The lowest BCUT2D eigenvalue weighted by Crippen LogP contribution is -2.38. The monoisotopic (exact) mass is 511 g/mol. The van der Waals surface area contributed by atoms with Crippen molar-refractivity contribution in [2.24, 2.45) is 0 Å². The average molecular weight is 512 g/mol. The molecule has 4 rings (SSSR count). The summed E-state index contributed by atoms with van der Waals surface area (Å²) in [5, 5.41) is 3.95. The number of carbonyl (C=O) groups is 2. The lowest BCUT2D eigenvalue weighted by molar-refractivity contribution is -0.136. The van der Waals surface area contributed by atoms with Crippen LogP contribution in [0, 0.1) is 6.92 Å². The van der Waals surface area contributed by atoms with Gasteiger partial charge in [0.2, 0.25) is 0 Å². The van der Waals surface area contributed by atoms with Gasteiger partial charge in [0.15, 0.2) is 17.3 Å². The van der Waals surface area contributed by atoms with Gasteiger partial charge in [-0.2, -0.15) is 0 Å². The Hall–Kier alpha value is -3.29. The Morgan fingerprint density at radius 2 is 1.78 bits per heavy atom. The van der Waals surface area contributed by atoms with Crippen LogP contribution in [-0.4, -0.2) is 46.8 Å². The molecule has 0 radical (unpaired) electrons. The van der Waals surface area contributed by atoms with Crippen molar-refractivity contribution in [2.75, 3.05) is 35.0 Å². The molecule has 2 aromatic rings. The number of esters is 1. The van der Waals surface area contributed by atoms with E-state index in [9.17, 15) is 9.59 Å². The molecule has 0 aromatic heterocycles. The van der Waals surface area contributed by atoms with Gasteiger partial charge in [0.05, 0.1) is 39.2 Å². The highest BCUT2D eigenvalue weighted by atomic mass is 35.5. The predicted octanol–water partition coefficient (Wildman–Crippen LogP) is 4.83. The Kier molecular flexibility index (Phi) is 7.71. The van der Waals surface area contributed by atoms with Crippen LogP contribution in [0.4, 0.5) is 0 Å². The van der Waals surface area contributed by atoms with Crippen LogP contribution in [0.3, 0.4) is 0 Å². The van der Waals surface area contributed by atoms with E-state index in [0.717, 1.165) is 22.4 Å². The summed E-state index contributed by atoms with van der Waals surface area (Å²) >= 11 is 6.23. The number of ether oxygens (including phenoxy) is 4. The van der Waals surface area contributed by atoms with E-state index in [1.165, 1.54) is 7.11 Å². The molecule has 7 nitrogen and oxygen atoms in total. The summed E-state index contributed by atoms with van der Waals surface area (Å²) in [5.74, 6) is 0.0526. The van der Waals surface area contributed by atoms with Gasteiger partial charge >= 0.3 is 5.97 Å². The second-order valence-electron chi connectivity index (χ2n) is 8.91. The van der Waals surface area contributed by atoms with Crippen LogP contribution in [0.5, 0.6) is 11.5 Å². The number of methoxy groups -OCH3 is 4. The number of hydrogen-bond donors (Lipinski definition) is 1. The molecule has 2 aliphatic rings. The van der Waals surface area contributed by atoms with Crippen molar-refractivity contribution in [3.63, 3.8) is 0 Å². The van der Waals surface area contributed by atoms with Crippen LogP contribution in [0.15, 0.2) is 58.9 Å². The highest BCUT2D eigenvalue weighted by molar-refractivity contribution is 6.30. The van der Waals surface area contributed by atoms with E-state index in [0.29, 0.717) is 46.2 Å². The zero-order valence-electron chi connectivity index (χ0n) is 21.1. The molecule has 0 spiro atoms. The van der Waals surface area contributed by atoms with Crippen molar-refractivity contribution < 1.29 is 28.5 Å². The summed E-state index contributed by atoms with van der Waals surface area (Å²) in [6.45, 7) is 2.09. The molecule has 8 heteroatoms. The largest absolute Gasteiger partial charge is 0.493 e. The quantitative estimate of drug-likeness (QED) is 0.533. The van der Waals surface area contributed by atoms with Gasteiger partial charge in [-0.05, 0) is 60.2 Å². The molecule has 0 saturated heterocycles. The van der Waals surface area contributed by atoms with Gasteiger partial charge in [-0.15, -0.1) is 0 Å². The van der Waals surface area contributed by atoms with Gasteiger partial charge in [-0.3, -0.25) is 4.79 Å². The Morgan fingerprint density at radius 3 is 2.42 bits per heavy atom. The Morgan fingerprint density at radius 1 is 1.03 bits per heavy atom. The number of halogens is 1. The van der Waals surface area contributed by atoms with E-state index in [1.54, 1.807) is 27.4 Å². The number of hydrogen-bond acceptors (Lipinski definition) is 7. The number of Topliss-reactive ketones (excluding diaryl/α,β-unsaturated/α-hetero) is 1. The first kappa shape index (κ1) is 25.8. The third-order valence-electron chi connectivity index (χ3n) is 6.83. The molecular formula is C28H30ClNO6. The van der Waals surface area contributed by atoms with Crippen molar-refractivity contribution in [3.05, 3.63) is 80.7 Å². The zero-order valence-corrected chi connectivity index (χ0v) is 21.8. The molecule has 2 aromatic carbocycles. The number of dihydropyridines is 1. The molecule has 2 atom stereocenters. The van der Waals surface area contributed by atoms with Crippen molar-refractivity contribution >= 4 is 23.4 Å². The Bertz CT molecular complexity index is 1260. The van der Waals surface area contributed by atoms with Gasteiger partial charge in [-0.25, -0.2) is 4.79 Å². The van der Waals surface area contributed by atoms with Gasteiger partial charge < -0.3 is 24.3 Å². The summed E-state index contributed by atoms with van der Waals surface area (Å²) < 4.78 is 21.4. The van der Waals surface area contributed by atoms with E-state index in [-0.39, 0.29) is 18.3 Å². The number of carbonyl (C=O) groups excluding carboxylic acids is 2. The van der Waals surface area contributed by atoms with Gasteiger partial charge in [0.1, 0.15) is 0 Å². The van der Waals surface area contributed by atoms with E-state index >= 15 is 0 Å². The maximum Gasteiger partial charge on any atom is 0.336 e. The summed E-state index contributed by atoms with van der Waals surface area (Å²) in [6, 6.07) is 11.2. The highest BCUT2D eigenvalue weighted by Gasteiger charge is 2.42. The predicted molar refractivity (Wildman–Crippen MR) is 137 cm³/mol. The molecule has 36 heavy (non-hydrogen) atoms. The average Bonchev–Trinajstić information content (AvgIpc) is 2.87. The first-order chi connectivity index (χ1) is 17.3. The van der Waals surface area contributed by atoms with Crippen molar-refractivity contribution in [1.29, 1.82) is 0 Å². The minimum atomic E-state index is -0.588. The molecule has 1 N–H and O–H groups in total. The first-order valence-corrected chi connectivity index (χ1v) is 12.0. The lowest BCUT2D eigenvalue weighted by atomic mass is 9.71. The Balaban J connectivity index is 1.84. The topological polar surface area (TPSA) is 83.1 Å². The maximum atomic E-state index is 13.8. The molecule has 190 valence electrons. The fourth-order valence-corrected chi connectivity index (χ4v) is 5.40. The number of benzene rings is 2. The van der Waals surface area contributed by atoms with Crippen LogP contribution < -0.4 is 14.8 Å². The maximum absolute atomic E-state index is 13.8. The molecular weight excluding hydrogens is 482 g/mol. The SMILES string of the molecule is COCC1=C(C(=O)OC)C(c2ccc(Cl)cc2C)C2=C(CC(c3ccc(OC)c(OC)c3)CC2=O)N1. The molecule has 0 fully saturated rings. The standard InChI is InChI=1S/C28H30ClNO6/c1-15-10-18(29)7-8-19(15)25-26-20(30-21(14-33-2)27(25)28(32)36-5)11-17(12-22(26)31)16-6-9-23(34-3)24(13-16)35-4/h6-10,13,17,25,30H,11-12,14H2,1-5H3. The van der Waals surface area contributed by atoms with Crippen LogP contribution in [-0.2, 0) is 19.1 Å². The molecule has 1 heterocycles. The molecule has 2 unspecified atom stereocenters. The molecule has 1 aliphatic carbocycles. The van der Waals surface area contributed by atoms with Crippen LogP contribution in [0.25, 0.3) is 0 Å². The Labute approximate surface area is 216 Å². The molecule has 0 bridgehead atoms. The lowest BCUT2D eigenvalue weighted by Gasteiger charge is -2.37. The smallest absolute Gasteiger partial charge is 0.336 e. The summed E-state index contributed by atoms with van der Waals surface area (Å²) in [7, 11) is 6.08. The van der Waals surface area contributed by atoms with Crippen molar-refractivity contribution in [3.8, 4) is 11.5 Å². The number of rotatable bonds is 7. The van der Waals surface area contributed by atoms with E-state index < -0.39 is 11.9 Å². The van der Waals surface area contributed by atoms with Gasteiger partial charge in [-0.1, -0.05) is 23.7 Å². The number of nitrogens with one attached hydrogen (secondary N) is 1. The van der Waals surface area contributed by atoms with Gasteiger partial charge in [0, 0.05) is 35.7 Å². The van der Waals surface area contributed by atoms with E-state index in [4.69, 9.17) is 30.5 Å². The minimum Gasteiger partial charge on any atom is -0.493 e. The zero-order chi connectivity index (χ0) is 26.0. The van der Waals surface area contributed by atoms with E-state index in [2.05, 4.69) is 5.32 Å². The minimum absolute atomic E-state index is 0.0271. The summed E-state index contributed by atoms with van der Waals surface area (Å²) in [6.07, 6.45) is 0.883. The van der Waals surface area contributed by atoms with Gasteiger partial charge in [0.25, 0.3) is 0 Å².